The number of benzene rings is 2. The van der Waals surface area contributed by atoms with Crippen molar-refractivity contribution < 1.29 is 24.6 Å². The maximum absolute atomic E-state index is 12.5. The predicted octanol–water partition coefficient (Wildman–Crippen LogP) is 1.74. The molecule has 6 N–H and O–H groups in total. The number of hydrogen-bond acceptors (Lipinski definition) is 7. The molecule has 12 heteroatoms. The molecule has 1 aliphatic heterocycles. The zero-order valence-electron chi connectivity index (χ0n) is 17.8. The molecule has 0 aromatic heterocycles. The Morgan fingerprint density at radius 1 is 1.24 bits per heavy atom. The maximum Gasteiger partial charge on any atom is 0.305 e. The third kappa shape index (κ3) is 7.85. The van der Waals surface area contributed by atoms with E-state index >= 15 is 0 Å². The van der Waals surface area contributed by atoms with Crippen molar-refractivity contribution in [3.05, 3.63) is 62.2 Å². The van der Waals surface area contributed by atoms with Gasteiger partial charge in [-0.3, -0.25) is 19.4 Å². The molecule has 10 nitrogen and oxygen atoms in total. The number of carbonyl (C=O) groups is 3. The van der Waals surface area contributed by atoms with Crippen molar-refractivity contribution in [3.63, 3.8) is 0 Å². The molecule has 1 aliphatic rings. The van der Waals surface area contributed by atoms with Gasteiger partial charge in [-0.1, -0.05) is 17.7 Å². The predicted molar refractivity (Wildman–Crippen MR) is 136 cm³/mol. The van der Waals surface area contributed by atoms with Crippen LogP contribution in [0.1, 0.15) is 28.4 Å². The molecular formula is C22H23ClIN5O5. The molecule has 34 heavy (non-hydrogen) atoms. The van der Waals surface area contributed by atoms with Crippen molar-refractivity contribution in [2.24, 2.45) is 4.99 Å². The average Bonchev–Trinajstić information content (AvgIpc) is 2.78. The molecule has 2 atom stereocenters. The summed E-state index contributed by atoms with van der Waals surface area (Å²) < 4.78 is 0.803. The Morgan fingerprint density at radius 3 is 2.71 bits per heavy atom. The summed E-state index contributed by atoms with van der Waals surface area (Å²) in [5.41, 5.74) is 1.49. The number of rotatable bonds is 8. The summed E-state index contributed by atoms with van der Waals surface area (Å²) in [6.07, 6.45) is -0.870. The van der Waals surface area contributed by atoms with Gasteiger partial charge in [0, 0.05) is 26.4 Å². The summed E-state index contributed by atoms with van der Waals surface area (Å²) in [5.74, 6) is -1.61. The number of amides is 2. The minimum atomic E-state index is -1.08. The number of nitrogens with one attached hydrogen (secondary N) is 4. The van der Waals surface area contributed by atoms with Gasteiger partial charge in [0.05, 0.1) is 31.7 Å². The Labute approximate surface area is 214 Å². The van der Waals surface area contributed by atoms with Gasteiger partial charge in [-0.05, 0) is 64.6 Å². The van der Waals surface area contributed by atoms with Gasteiger partial charge in [-0.15, -0.1) is 0 Å². The van der Waals surface area contributed by atoms with E-state index in [1.165, 1.54) is 0 Å². The number of carboxylic acids is 1. The number of carboxylic acid groups (broad SMARTS) is 1. The summed E-state index contributed by atoms with van der Waals surface area (Å²) in [6.45, 7) is 0.316. The summed E-state index contributed by atoms with van der Waals surface area (Å²) in [6, 6.07) is 10.9. The van der Waals surface area contributed by atoms with Crippen LogP contribution < -0.4 is 21.3 Å². The van der Waals surface area contributed by atoms with Gasteiger partial charge in [0.2, 0.25) is 5.91 Å². The Bertz CT molecular complexity index is 1090. The van der Waals surface area contributed by atoms with Crippen LogP contribution in [0, 0.1) is 3.57 Å². The van der Waals surface area contributed by atoms with E-state index in [9.17, 15) is 24.6 Å². The number of guanidine groups is 1. The van der Waals surface area contributed by atoms with Crippen molar-refractivity contribution in [1.82, 2.24) is 16.0 Å². The number of aliphatic hydroxyl groups is 1. The van der Waals surface area contributed by atoms with Crippen molar-refractivity contribution >= 4 is 63.6 Å². The maximum atomic E-state index is 12.5. The van der Waals surface area contributed by atoms with E-state index in [1.54, 1.807) is 42.5 Å². The second-order valence-corrected chi connectivity index (χ2v) is 9.22. The number of β-amino-alcohol motifs (C(OH)–C–C–N with tert-alkyl or cyclic N) is 1. The van der Waals surface area contributed by atoms with E-state index in [-0.39, 0.29) is 19.5 Å². The highest BCUT2D eigenvalue weighted by Crippen LogP contribution is 2.24. The second kappa shape index (κ2) is 12.0. The van der Waals surface area contributed by atoms with Gasteiger partial charge < -0.3 is 31.5 Å². The number of aliphatic carboxylic acids is 1. The summed E-state index contributed by atoms with van der Waals surface area (Å²) in [4.78, 5) is 40.5. The molecule has 2 unspecified atom stereocenters. The van der Waals surface area contributed by atoms with Crippen LogP contribution in [0.2, 0.25) is 5.02 Å². The molecule has 3 rings (SSSR count). The summed E-state index contributed by atoms with van der Waals surface area (Å²) in [7, 11) is 0. The number of nitrogens with zero attached hydrogens (tertiary/aromatic N) is 1. The van der Waals surface area contributed by atoms with Crippen molar-refractivity contribution in [3.8, 4) is 0 Å². The summed E-state index contributed by atoms with van der Waals surface area (Å²) in [5, 5.41) is 30.3. The highest BCUT2D eigenvalue weighted by atomic mass is 127. The van der Waals surface area contributed by atoms with Crippen LogP contribution in [-0.2, 0) is 9.59 Å². The van der Waals surface area contributed by atoms with Gasteiger partial charge in [0.15, 0.2) is 5.96 Å². The third-order valence-corrected chi connectivity index (χ3v) is 5.60. The zero-order valence-corrected chi connectivity index (χ0v) is 20.8. The largest absolute Gasteiger partial charge is 0.481 e. The first-order chi connectivity index (χ1) is 16.2. The topological polar surface area (TPSA) is 152 Å². The zero-order chi connectivity index (χ0) is 24.7. The second-order valence-electron chi connectivity index (χ2n) is 7.53. The molecule has 180 valence electrons. The van der Waals surface area contributed by atoms with Gasteiger partial charge in [0.25, 0.3) is 5.91 Å². The first-order valence-electron chi connectivity index (χ1n) is 10.3. The minimum absolute atomic E-state index is 0.280. The summed E-state index contributed by atoms with van der Waals surface area (Å²) >= 11 is 8.12. The Kier molecular flexibility index (Phi) is 9.07. The molecule has 0 bridgehead atoms. The fraction of sp³-hybridized carbons (Fsp3) is 0.273. The number of hydrogen-bond donors (Lipinski definition) is 6. The fourth-order valence-electron chi connectivity index (χ4n) is 3.20. The molecule has 0 aliphatic carbocycles. The quantitative estimate of drug-likeness (QED) is 0.253. The van der Waals surface area contributed by atoms with E-state index in [0.29, 0.717) is 34.3 Å². The van der Waals surface area contributed by atoms with Crippen LogP contribution in [0.25, 0.3) is 0 Å². The smallest absolute Gasteiger partial charge is 0.305 e. The lowest BCUT2D eigenvalue weighted by Gasteiger charge is -2.20. The van der Waals surface area contributed by atoms with Crippen LogP contribution >= 0.6 is 34.2 Å². The van der Waals surface area contributed by atoms with Crippen LogP contribution in [0.4, 0.5) is 5.69 Å². The van der Waals surface area contributed by atoms with Gasteiger partial charge in [-0.2, -0.15) is 0 Å². The lowest BCUT2D eigenvalue weighted by atomic mass is 10.0. The Hall–Kier alpha value is -2.90. The standard InChI is InChI=1S/C22H23ClIN5O5/c23-14-4-13(5-15(24)7-14)18(8-20(32)33)29-19(31)11-25-21(34)12-2-1-3-16(6-12)28-22-26-9-17(30)10-27-22/h1-7,17-18,30H,8-11H2,(H,25,34)(H,29,31)(H,32,33)(H2,26,27,28). The SMILES string of the molecule is O=C(O)CC(NC(=O)CNC(=O)c1cccc(NC2=NCC(O)CN2)c1)c1cc(Cl)cc(I)c1. The molecule has 0 spiro atoms. The van der Waals surface area contributed by atoms with Crippen molar-refractivity contribution in [2.75, 3.05) is 25.0 Å². The fourth-order valence-corrected chi connectivity index (χ4v) is 4.32. The number of carbonyl (C=O) groups excluding carboxylic acids is 2. The van der Waals surface area contributed by atoms with Gasteiger partial charge in [-0.25, -0.2) is 0 Å². The average molecular weight is 600 g/mol. The number of aliphatic hydroxyl groups excluding tert-OH is 1. The first kappa shape index (κ1) is 25.7. The van der Waals surface area contributed by atoms with Crippen molar-refractivity contribution in [1.29, 1.82) is 0 Å². The third-order valence-electron chi connectivity index (χ3n) is 4.76. The van der Waals surface area contributed by atoms with E-state index in [4.69, 9.17) is 11.6 Å². The lowest BCUT2D eigenvalue weighted by Crippen LogP contribution is -2.42. The highest BCUT2D eigenvalue weighted by Gasteiger charge is 2.20. The first-order valence-corrected chi connectivity index (χ1v) is 11.7. The lowest BCUT2D eigenvalue weighted by molar-refractivity contribution is -0.137. The van der Waals surface area contributed by atoms with Crippen LogP contribution in [0.5, 0.6) is 0 Å². The Balaban J connectivity index is 1.59. The van der Waals surface area contributed by atoms with Crippen LogP contribution in [0.3, 0.4) is 0 Å². The van der Waals surface area contributed by atoms with E-state index < -0.39 is 29.9 Å². The normalized spacial score (nSPS) is 16.0. The molecule has 2 aromatic carbocycles. The number of anilines is 1. The molecular weight excluding hydrogens is 577 g/mol. The molecule has 0 radical (unpaired) electrons. The monoisotopic (exact) mass is 599 g/mol. The van der Waals surface area contributed by atoms with E-state index in [1.807, 2.05) is 0 Å². The Morgan fingerprint density at radius 2 is 2.03 bits per heavy atom. The number of aliphatic imine (C=N–C) groups is 1. The molecule has 0 saturated heterocycles. The van der Waals surface area contributed by atoms with E-state index in [0.717, 1.165) is 3.57 Å². The minimum Gasteiger partial charge on any atom is -0.481 e. The highest BCUT2D eigenvalue weighted by molar-refractivity contribution is 14.1. The van der Waals surface area contributed by atoms with Crippen LogP contribution in [0.15, 0.2) is 47.5 Å². The van der Waals surface area contributed by atoms with Gasteiger partial charge in [0.1, 0.15) is 0 Å². The number of halogens is 2. The molecule has 2 amide bonds. The van der Waals surface area contributed by atoms with E-state index in [2.05, 4.69) is 48.9 Å². The molecule has 0 saturated carbocycles. The van der Waals surface area contributed by atoms with Crippen molar-refractivity contribution in [2.45, 2.75) is 18.6 Å². The molecule has 0 fully saturated rings. The molecule has 1 heterocycles. The molecule has 2 aromatic rings. The van der Waals surface area contributed by atoms with Gasteiger partial charge >= 0.3 is 5.97 Å². The van der Waals surface area contributed by atoms with Crippen LogP contribution in [-0.4, -0.2) is 59.7 Å².